The second kappa shape index (κ2) is 6.09. The summed E-state index contributed by atoms with van der Waals surface area (Å²) in [6, 6.07) is 7.92. The van der Waals surface area contributed by atoms with E-state index in [1.165, 1.54) is 19.3 Å². The number of aromatic amines is 1. The summed E-state index contributed by atoms with van der Waals surface area (Å²) in [6.07, 6.45) is 6.33. The molecule has 0 radical (unpaired) electrons. The molecule has 1 aliphatic heterocycles. The van der Waals surface area contributed by atoms with Crippen molar-refractivity contribution in [2.24, 2.45) is 0 Å². The minimum atomic E-state index is 0.101. The van der Waals surface area contributed by atoms with Crippen LogP contribution in [0.15, 0.2) is 30.5 Å². The number of hydrogen-bond acceptors (Lipinski definition) is 2. The van der Waals surface area contributed by atoms with Gasteiger partial charge >= 0.3 is 0 Å². The van der Waals surface area contributed by atoms with Crippen molar-refractivity contribution in [2.75, 3.05) is 25.0 Å². The van der Waals surface area contributed by atoms with Crippen LogP contribution in [0.25, 0.3) is 10.9 Å². The molecule has 0 bridgehead atoms. The van der Waals surface area contributed by atoms with Gasteiger partial charge in [0, 0.05) is 30.1 Å². The van der Waals surface area contributed by atoms with Crippen molar-refractivity contribution in [3.63, 3.8) is 0 Å². The van der Waals surface area contributed by atoms with Crippen molar-refractivity contribution in [2.45, 2.75) is 25.7 Å². The van der Waals surface area contributed by atoms with E-state index in [4.69, 9.17) is 0 Å². The zero-order valence-electron chi connectivity index (χ0n) is 11.7. The van der Waals surface area contributed by atoms with Gasteiger partial charge in [0.2, 0.25) is 5.91 Å². The van der Waals surface area contributed by atoms with Crippen LogP contribution >= 0.6 is 0 Å². The first-order chi connectivity index (χ1) is 9.83. The first-order valence-electron chi connectivity index (χ1n) is 7.41. The fourth-order valence-electron chi connectivity index (χ4n) is 2.85. The molecule has 1 amide bonds. The lowest BCUT2D eigenvalue weighted by molar-refractivity contribution is -0.116. The highest BCUT2D eigenvalue weighted by Gasteiger charge is 2.12. The predicted octanol–water partition coefficient (Wildman–Crippen LogP) is 2.98. The molecule has 3 rings (SSSR count). The molecular formula is C16H21N3O. The summed E-state index contributed by atoms with van der Waals surface area (Å²) in [5.41, 5.74) is 1.95. The SMILES string of the molecule is O=C(CCN1CCCCC1)Nc1cccc2[nH]ccc12. The zero-order chi connectivity index (χ0) is 13.8. The standard InChI is InChI=1S/C16H21N3O/c20-16(8-12-19-10-2-1-3-11-19)18-15-6-4-5-14-13(15)7-9-17-14/h4-7,9,17H,1-3,8,10-12H2,(H,18,20). The number of carbonyl (C=O) groups excluding carboxylic acids is 1. The van der Waals surface area contributed by atoms with E-state index in [0.717, 1.165) is 36.2 Å². The monoisotopic (exact) mass is 271 g/mol. The summed E-state index contributed by atoms with van der Waals surface area (Å²) in [4.78, 5) is 17.6. The number of fused-ring (bicyclic) bond motifs is 1. The molecule has 1 aliphatic rings. The van der Waals surface area contributed by atoms with Crippen LogP contribution in [0, 0.1) is 0 Å². The van der Waals surface area contributed by atoms with Gasteiger partial charge in [-0.05, 0) is 44.1 Å². The summed E-state index contributed by atoms with van der Waals surface area (Å²) in [5, 5.41) is 4.09. The average Bonchev–Trinajstić information content (AvgIpc) is 2.96. The van der Waals surface area contributed by atoms with E-state index < -0.39 is 0 Å². The lowest BCUT2D eigenvalue weighted by Gasteiger charge is -2.25. The molecule has 0 unspecified atom stereocenters. The van der Waals surface area contributed by atoms with E-state index >= 15 is 0 Å². The maximum atomic E-state index is 12.1. The van der Waals surface area contributed by atoms with Gasteiger partial charge in [-0.2, -0.15) is 0 Å². The minimum Gasteiger partial charge on any atom is -0.361 e. The smallest absolute Gasteiger partial charge is 0.225 e. The largest absolute Gasteiger partial charge is 0.361 e. The maximum absolute atomic E-state index is 12.1. The first kappa shape index (κ1) is 13.2. The van der Waals surface area contributed by atoms with Gasteiger partial charge in [0.15, 0.2) is 0 Å². The summed E-state index contributed by atoms with van der Waals surface area (Å²) in [5.74, 6) is 0.101. The Balaban J connectivity index is 1.57. The second-order valence-corrected chi connectivity index (χ2v) is 5.44. The average molecular weight is 271 g/mol. The third kappa shape index (κ3) is 3.02. The molecule has 0 aliphatic carbocycles. The number of carbonyl (C=O) groups is 1. The number of nitrogens with zero attached hydrogens (tertiary/aromatic N) is 1. The second-order valence-electron chi connectivity index (χ2n) is 5.44. The van der Waals surface area contributed by atoms with E-state index in [2.05, 4.69) is 15.2 Å². The molecule has 2 aromatic rings. The fraction of sp³-hybridized carbons (Fsp3) is 0.438. The van der Waals surface area contributed by atoms with E-state index in [0.29, 0.717) is 6.42 Å². The Morgan fingerprint density at radius 3 is 2.90 bits per heavy atom. The van der Waals surface area contributed by atoms with Crippen LogP contribution < -0.4 is 5.32 Å². The molecule has 1 aromatic heterocycles. The van der Waals surface area contributed by atoms with Gasteiger partial charge in [-0.1, -0.05) is 12.5 Å². The number of aromatic nitrogens is 1. The van der Waals surface area contributed by atoms with E-state index in [-0.39, 0.29) is 5.91 Å². The number of anilines is 1. The van der Waals surface area contributed by atoms with Gasteiger partial charge in [-0.15, -0.1) is 0 Å². The quantitative estimate of drug-likeness (QED) is 0.898. The number of likely N-dealkylation sites (tertiary alicyclic amines) is 1. The first-order valence-corrected chi connectivity index (χ1v) is 7.41. The van der Waals surface area contributed by atoms with Crippen molar-refractivity contribution in [1.82, 2.24) is 9.88 Å². The van der Waals surface area contributed by atoms with Crippen LogP contribution in [-0.2, 0) is 4.79 Å². The number of amides is 1. The lowest BCUT2D eigenvalue weighted by atomic mass is 10.1. The Labute approximate surface area is 119 Å². The molecule has 1 aromatic carbocycles. The highest BCUT2D eigenvalue weighted by atomic mass is 16.1. The topological polar surface area (TPSA) is 48.1 Å². The van der Waals surface area contributed by atoms with Crippen molar-refractivity contribution in [3.8, 4) is 0 Å². The summed E-state index contributed by atoms with van der Waals surface area (Å²) in [7, 11) is 0. The molecule has 0 atom stereocenters. The summed E-state index contributed by atoms with van der Waals surface area (Å²) >= 11 is 0. The van der Waals surface area contributed by atoms with Crippen LogP contribution in [0.3, 0.4) is 0 Å². The van der Waals surface area contributed by atoms with Crippen LogP contribution in [0.5, 0.6) is 0 Å². The van der Waals surface area contributed by atoms with Crippen LogP contribution in [-0.4, -0.2) is 35.4 Å². The van der Waals surface area contributed by atoms with E-state index in [9.17, 15) is 4.79 Å². The Morgan fingerprint density at radius 1 is 1.20 bits per heavy atom. The zero-order valence-corrected chi connectivity index (χ0v) is 11.7. The molecule has 1 fully saturated rings. The highest BCUT2D eigenvalue weighted by Crippen LogP contribution is 2.22. The lowest BCUT2D eigenvalue weighted by Crippen LogP contribution is -2.32. The third-order valence-electron chi connectivity index (χ3n) is 3.97. The molecule has 2 N–H and O–H groups in total. The van der Waals surface area contributed by atoms with Gasteiger partial charge < -0.3 is 15.2 Å². The number of hydrogen-bond donors (Lipinski definition) is 2. The molecule has 1 saturated heterocycles. The number of piperidine rings is 1. The Morgan fingerprint density at radius 2 is 2.05 bits per heavy atom. The Bertz CT molecular complexity index is 584. The van der Waals surface area contributed by atoms with Gasteiger partial charge in [-0.25, -0.2) is 0 Å². The molecule has 0 spiro atoms. The Kier molecular flexibility index (Phi) is 4.02. The van der Waals surface area contributed by atoms with Crippen molar-refractivity contribution in [3.05, 3.63) is 30.5 Å². The van der Waals surface area contributed by atoms with Crippen molar-refractivity contribution >= 4 is 22.5 Å². The molecule has 106 valence electrons. The highest BCUT2D eigenvalue weighted by molar-refractivity contribution is 6.01. The molecule has 4 nitrogen and oxygen atoms in total. The fourth-order valence-corrected chi connectivity index (χ4v) is 2.85. The number of rotatable bonds is 4. The number of nitrogens with one attached hydrogen (secondary N) is 2. The van der Waals surface area contributed by atoms with Gasteiger partial charge in [-0.3, -0.25) is 4.79 Å². The molecular weight excluding hydrogens is 250 g/mol. The molecule has 4 heteroatoms. The number of H-pyrrole nitrogens is 1. The van der Waals surface area contributed by atoms with E-state index in [1.54, 1.807) is 0 Å². The van der Waals surface area contributed by atoms with Gasteiger partial charge in [0.25, 0.3) is 0 Å². The molecule has 20 heavy (non-hydrogen) atoms. The summed E-state index contributed by atoms with van der Waals surface area (Å²) in [6.45, 7) is 3.15. The van der Waals surface area contributed by atoms with Crippen molar-refractivity contribution in [1.29, 1.82) is 0 Å². The normalized spacial score (nSPS) is 16.4. The maximum Gasteiger partial charge on any atom is 0.225 e. The molecule has 2 heterocycles. The van der Waals surface area contributed by atoms with Gasteiger partial charge in [0.1, 0.15) is 0 Å². The Hall–Kier alpha value is -1.81. The summed E-state index contributed by atoms with van der Waals surface area (Å²) < 4.78 is 0. The van der Waals surface area contributed by atoms with Crippen LogP contribution in [0.2, 0.25) is 0 Å². The number of benzene rings is 1. The van der Waals surface area contributed by atoms with Crippen LogP contribution in [0.4, 0.5) is 5.69 Å². The third-order valence-corrected chi connectivity index (χ3v) is 3.97. The van der Waals surface area contributed by atoms with Crippen molar-refractivity contribution < 1.29 is 4.79 Å². The van der Waals surface area contributed by atoms with E-state index in [1.807, 2.05) is 30.5 Å². The molecule has 0 saturated carbocycles. The minimum absolute atomic E-state index is 0.101. The predicted molar refractivity (Wildman–Crippen MR) is 81.8 cm³/mol. The van der Waals surface area contributed by atoms with Crippen LogP contribution in [0.1, 0.15) is 25.7 Å². The van der Waals surface area contributed by atoms with Gasteiger partial charge in [0.05, 0.1) is 5.69 Å².